The molecule has 0 saturated carbocycles. The second kappa shape index (κ2) is 4.43. The zero-order valence-corrected chi connectivity index (χ0v) is 9.13. The highest BCUT2D eigenvalue weighted by atomic mass is 19.4. The minimum atomic E-state index is -4.54. The maximum Gasteiger partial charge on any atom is 0.394 e. The Hall–Kier alpha value is -1.86. The largest absolute Gasteiger partial charge is 0.481 e. The number of carboxylic acid groups (broad SMARTS) is 1. The summed E-state index contributed by atoms with van der Waals surface area (Å²) in [5, 5.41) is 8.84. The first-order valence-corrected chi connectivity index (χ1v) is 5.21. The molecular weight excluding hydrogens is 251 g/mol. The lowest BCUT2D eigenvalue weighted by Crippen LogP contribution is -2.33. The normalized spacial score (nSPS) is 24.3. The van der Waals surface area contributed by atoms with Crippen LogP contribution in [0.25, 0.3) is 0 Å². The Morgan fingerprint density at radius 2 is 1.94 bits per heavy atom. The molecule has 0 aromatic carbocycles. The molecule has 0 radical (unpaired) electrons. The van der Waals surface area contributed by atoms with Crippen molar-refractivity contribution in [2.24, 2.45) is 11.8 Å². The summed E-state index contributed by atoms with van der Waals surface area (Å²) < 4.78 is 38.2. The number of aliphatic carboxylic acids is 1. The Morgan fingerprint density at radius 3 is 2.39 bits per heavy atom. The van der Waals surface area contributed by atoms with E-state index in [9.17, 15) is 18.0 Å². The minimum Gasteiger partial charge on any atom is -0.481 e. The summed E-state index contributed by atoms with van der Waals surface area (Å²) in [6.45, 7) is -0.659. The summed E-state index contributed by atoms with van der Waals surface area (Å²) in [6.07, 6.45) is -1.73. The fourth-order valence-corrected chi connectivity index (χ4v) is 2.00. The van der Waals surface area contributed by atoms with E-state index in [1.807, 2.05) is 0 Å². The Bertz CT molecular complexity index is 438. The molecule has 1 aromatic heterocycles. The van der Waals surface area contributed by atoms with Gasteiger partial charge in [0.1, 0.15) is 0 Å². The molecule has 0 unspecified atom stereocenters. The molecule has 5 nitrogen and oxygen atoms in total. The standard InChI is InChI=1S/C10H10F3N3O2/c11-10(12,13)7-5-16(4-6(7)8(17)18)9-14-2-1-3-15-9/h1-3,6-7H,4-5H2,(H,17,18)/t6-,7-/m0/s1. The van der Waals surface area contributed by atoms with Gasteiger partial charge in [0.15, 0.2) is 0 Å². The molecule has 1 aliphatic heterocycles. The second-order valence-electron chi connectivity index (χ2n) is 4.05. The van der Waals surface area contributed by atoms with Gasteiger partial charge in [-0.1, -0.05) is 0 Å². The lowest BCUT2D eigenvalue weighted by molar-refractivity contribution is -0.187. The smallest absolute Gasteiger partial charge is 0.394 e. The number of aromatic nitrogens is 2. The van der Waals surface area contributed by atoms with Crippen molar-refractivity contribution < 1.29 is 23.1 Å². The summed E-state index contributed by atoms with van der Waals surface area (Å²) in [5.41, 5.74) is 0. The van der Waals surface area contributed by atoms with Crippen LogP contribution in [-0.2, 0) is 4.79 Å². The summed E-state index contributed by atoms with van der Waals surface area (Å²) in [5.74, 6) is -4.70. The molecule has 0 amide bonds. The van der Waals surface area contributed by atoms with E-state index in [0.717, 1.165) is 0 Å². The van der Waals surface area contributed by atoms with Crippen LogP contribution in [0, 0.1) is 11.8 Å². The van der Waals surface area contributed by atoms with Crippen molar-refractivity contribution in [3.05, 3.63) is 18.5 Å². The van der Waals surface area contributed by atoms with E-state index >= 15 is 0 Å². The van der Waals surface area contributed by atoms with Crippen molar-refractivity contribution in [2.45, 2.75) is 6.18 Å². The number of nitrogens with zero attached hydrogens (tertiary/aromatic N) is 3. The molecule has 0 spiro atoms. The van der Waals surface area contributed by atoms with Crippen LogP contribution in [-0.4, -0.2) is 40.3 Å². The first-order chi connectivity index (χ1) is 8.39. The third-order valence-corrected chi connectivity index (χ3v) is 2.89. The van der Waals surface area contributed by atoms with E-state index in [0.29, 0.717) is 0 Å². The van der Waals surface area contributed by atoms with Crippen LogP contribution in [0.1, 0.15) is 0 Å². The molecule has 8 heteroatoms. The van der Waals surface area contributed by atoms with Gasteiger partial charge in [-0.3, -0.25) is 4.79 Å². The maximum absolute atomic E-state index is 12.7. The zero-order chi connectivity index (χ0) is 13.3. The maximum atomic E-state index is 12.7. The summed E-state index contributed by atoms with van der Waals surface area (Å²) >= 11 is 0. The molecule has 98 valence electrons. The first kappa shape index (κ1) is 12.6. The van der Waals surface area contributed by atoms with Gasteiger partial charge in [0.2, 0.25) is 5.95 Å². The Morgan fingerprint density at radius 1 is 1.33 bits per heavy atom. The van der Waals surface area contributed by atoms with E-state index in [2.05, 4.69) is 9.97 Å². The van der Waals surface area contributed by atoms with Crippen molar-refractivity contribution >= 4 is 11.9 Å². The predicted molar refractivity (Wildman–Crippen MR) is 54.9 cm³/mol. The van der Waals surface area contributed by atoms with E-state index < -0.39 is 30.5 Å². The molecule has 1 fully saturated rings. The van der Waals surface area contributed by atoms with Gasteiger partial charge < -0.3 is 10.0 Å². The van der Waals surface area contributed by atoms with Crippen molar-refractivity contribution in [1.29, 1.82) is 0 Å². The lowest BCUT2D eigenvalue weighted by atomic mass is 9.96. The number of alkyl halides is 3. The second-order valence-corrected chi connectivity index (χ2v) is 4.05. The van der Waals surface area contributed by atoms with Gasteiger partial charge in [-0.05, 0) is 6.07 Å². The van der Waals surface area contributed by atoms with Gasteiger partial charge in [0.05, 0.1) is 11.8 Å². The molecule has 0 bridgehead atoms. The van der Waals surface area contributed by atoms with E-state index in [4.69, 9.17) is 5.11 Å². The van der Waals surface area contributed by atoms with Gasteiger partial charge in [-0.2, -0.15) is 13.2 Å². The molecule has 2 atom stereocenters. The predicted octanol–water partition coefficient (Wildman–Crippen LogP) is 1.18. The highest BCUT2D eigenvalue weighted by Crippen LogP contribution is 2.38. The average molecular weight is 261 g/mol. The van der Waals surface area contributed by atoms with Crippen LogP contribution in [0.15, 0.2) is 18.5 Å². The van der Waals surface area contributed by atoms with Crippen LogP contribution in [0.3, 0.4) is 0 Å². The van der Waals surface area contributed by atoms with Gasteiger partial charge >= 0.3 is 12.1 Å². The monoisotopic (exact) mass is 261 g/mol. The molecule has 2 rings (SSSR count). The topological polar surface area (TPSA) is 66.3 Å². The molecule has 2 heterocycles. The quantitative estimate of drug-likeness (QED) is 0.865. The number of anilines is 1. The van der Waals surface area contributed by atoms with Gasteiger partial charge in [0.25, 0.3) is 0 Å². The lowest BCUT2D eigenvalue weighted by Gasteiger charge is -2.18. The Balaban J connectivity index is 2.22. The SMILES string of the molecule is O=C(O)[C@H]1CN(c2ncccn2)C[C@@H]1C(F)(F)F. The van der Waals surface area contributed by atoms with Crippen molar-refractivity contribution in [3.63, 3.8) is 0 Å². The number of carboxylic acids is 1. The van der Waals surface area contributed by atoms with Crippen molar-refractivity contribution in [3.8, 4) is 0 Å². The molecule has 18 heavy (non-hydrogen) atoms. The molecule has 1 N–H and O–H groups in total. The molecule has 1 aromatic rings. The molecule has 1 saturated heterocycles. The number of carbonyl (C=O) groups is 1. The van der Waals surface area contributed by atoms with Crippen molar-refractivity contribution in [2.75, 3.05) is 18.0 Å². The van der Waals surface area contributed by atoms with Gasteiger partial charge in [-0.25, -0.2) is 9.97 Å². The third-order valence-electron chi connectivity index (χ3n) is 2.89. The van der Waals surface area contributed by atoms with Crippen molar-refractivity contribution in [1.82, 2.24) is 9.97 Å². The van der Waals surface area contributed by atoms with Crippen LogP contribution in [0.4, 0.5) is 19.1 Å². The highest BCUT2D eigenvalue weighted by Gasteiger charge is 2.53. The fraction of sp³-hybridized carbons (Fsp3) is 0.500. The van der Waals surface area contributed by atoms with Gasteiger partial charge in [-0.15, -0.1) is 0 Å². The fourth-order valence-electron chi connectivity index (χ4n) is 2.00. The van der Waals surface area contributed by atoms with E-state index in [1.54, 1.807) is 0 Å². The summed E-state index contributed by atoms with van der Waals surface area (Å²) in [6, 6.07) is 1.54. The van der Waals surface area contributed by atoms with E-state index in [-0.39, 0.29) is 12.5 Å². The van der Waals surface area contributed by atoms with Crippen LogP contribution in [0.2, 0.25) is 0 Å². The van der Waals surface area contributed by atoms with Crippen LogP contribution < -0.4 is 4.90 Å². The zero-order valence-electron chi connectivity index (χ0n) is 9.13. The summed E-state index contributed by atoms with van der Waals surface area (Å²) in [7, 11) is 0. The molecular formula is C10H10F3N3O2. The highest BCUT2D eigenvalue weighted by molar-refractivity contribution is 5.72. The number of halogens is 3. The Kier molecular flexibility index (Phi) is 3.10. The number of hydrogen-bond donors (Lipinski definition) is 1. The minimum absolute atomic E-state index is 0.121. The third kappa shape index (κ3) is 2.36. The Labute approximate surface area is 100 Å². The molecule has 0 aliphatic carbocycles. The average Bonchev–Trinajstić information content (AvgIpc) is 2.74. The van der Waals surface area contributed by atoms with Crippen LogP contribution in [0.5, 0.6) is 0 Å². The summed E-state index contributed by atoms with van der Waals surface area (Å²) in [4.78, 5) is 19.8. The van der Waals surface area contributed by atoms with E-state index in [1.165, 1.54) is 23.4 Å². The molecule has 1 aliphatic rings. The number of rotatable bonds is 2. The first-order valence-electron chi connectivity index (χ1n) is 5.21. The van der Waals surface area contributed by atoms with Gasteiger partial charge in [0, 0.05) is 25.5 Å². The number of hydrogen-bond acceptors (Lipinski definition) is 4. The van der Waals surface area contributed by atoms with Crippen LogP contribution >= 0.6 is 0 Å².